The predicted molar refractivity (Wildman–Crippen MR) is 84.7 cm³/mol. The number of carbonyl (C=O) groups is 2. The first-order chi connectivity index (χ1) is 10.7. The molecule has 4 nitrogen and oxygen atoms in total. The van der Waals surface area contributed by atoms with Crippen molar-refractivity contribution in [2.45, 2.75) is 25.4 Å². The Morgan fingerprint density at radius 3 is 2.27 bits per heavy atom. The Labute approximate surface area is 133 Å². The quantitative estimate of drug-likeness (QED) is 0.797. The van der Waals surface area contributed by atoms with Gasteiger partial charge in [-0.25, -0.2) is 0 Å². The Balaban J connectivity index is 1.55. The number of hydrogen-bond acceptors (Lipinski definition) is 4. The molecule has 22 heavy (non-hydrogen) atoms. The molecule has 0 bridgehead atoms. The van der Waals surface area contributed by atoms with Gasteiger partial charge in [-0.1, -0.05) is 18.2 Å². The second-order valence-electron chi connectivity index (χ2n) is 5.78. The average Bonchev–Trinajstić information content (AvgIpc) is 3.21. The SMILES string of the molecule is O=C1c2ccccc2C(=O)N1CN(Cc1cccs1)C1CC1. The number of benzene rings is 1. The lowest BCUT2D eigenvalue weighted by Crippen LogP contribution is -2.41. The van der Waals surface area contributed by atoms with Crippen molar-refractivity contribution in [2.24, 2.45) is 0 Å². The van der Waals surface area contributed by atoms with Crippen LogP contribution in [0.3, 0.4) is 0 Å². The zero-order valence-corrected chi connectivity index (χ0v) is 12.9. The van der Waals surface area contributed by atoms with Crippen molar-refractivity contribution in [1.82, 2.24) is 9.80 Å². The second-order valence-corrected chi connectivity index (χ2v) is 6.81. The van der Waals surface area contributed by atoms with Gasteiger partial charge in [0.1, 0.15) is 0 Å². The molecular formula is C17H16N2O2S. The first kappa shape index (κ1) is 13.7. The molecule has 0 unspecified atom stereocenters. The minimum Gasteiger partial charge on any atom is -0.277 e. The van der Waals surface area contributed by atoms with Crippen molar-refractivity contribution >= 4 is 23.2 Å². The molecule has 1 aromatic heterocycles. The fraction of sp³-hybridized carbons (Fsp3) is 0.294. The van der Waals surface area contributed by atoms with Gasteiger partial charge in [0.05, 0.1) is 17.8 Å². The zero-order chi connectivity index (χ0) is 15.1. The molecule has 2 aromatic rings. The van der Waals surface area contributed by atoms with Crippen LogP contribution >= 0.6 is 11.3 Å². The van der Waals surface area contributed by atoms with Gasteiger partial charge in [-0.15, -0.1) is 11.3 Å². The lowest BCUT2D eigenvalue weighted by atomic mass is 10.1. The van der Waals surface area contributed by atoms with Crippen LogP contribution in [0.25, 0.3) is 0 Å². The highest BCUT2D eigenvalue weighted by molar-refractivity contribution is 7.09. The summed E-state index contributed by atoms with van der Waals surface area (Å²) in [5, 5.41) is 2.06. The second kappa shape index (κ2) is 5.34. The van der Waals surface area contributed by atoms with E-state index >= 15 is 0 Å². The summed E-state index contributed by atoms with van der Waals surface area (Å²) >= 11 is 1.71. The number of hydrogen-bond donors (Lipinski definition) is 0. The number of rotatable bonds is 5. The number of carbonyl (C=O) groups excluding carboxylic acids is 2. The summed E-state index contributed by atoms with van der Waals surface area (Å²) in [4.78, 5) is 29.8. The standard InChI is InChI=1S/C17H16N2O2S/c20-16-14-5-1-2-6-15(14)17(21)19(16)11-18(12-7-8-12)10-13-4-3-9-22-13/h1-6,9,12H,7-8,10-11H2. The van der Waals surface area contributed by atoms with Gasteiger partial charge in [-0.3, -0.25) is 19.4 Å². The Morgan fingerprint density at radius 1 is 1.05 bits per heavy atom. The van der Waals surface area contributed by atoms with Crippen LogP contribution in [0.15, 0.2) is 41.8 Å². The third kappa shape index (κ3) is 2.36. The normalized spacial score (nSPS) is 17.4. The van der Waals surface area contributed by atoms with Gasteiger partial charge in [-0.05, 0) is 36.4 Å². The van der Waals surface area contributed by atoms with Crippen molar-refractivity contribution < 1.29 is 9.59 Å². The van der Waals surface area contributed by atoms with Crippen LogP contribution in [0.5, 0.6) is 0 Å². The van der Waals surface area contributed by atoms with Gasteiger partial charge >= 0.3 is 0 Å². The van der Waals surface area contributed by atoms with E-state index in [2.05, 4.69) is 16.3 Å². The molecule has 1 aliphatic carbocycles. The van der Waals surface area contributed by atoms with Gasteiger partial charge < -0.3 is 0 Å². The summed E-state index contributed by atoms with van der Waals surface area (Å²) in [7, 11) is 0. The topological polar surface area (TPSA) is 40.6 Å². The first-order valence-electron chi connectivity index (χ1n) is 7.45. The van der Waals surface area contributed by atoms with E-state index < -0.39 is 0 Å². The minimum absolute atomic E-state index is 0.169. The molecule has 1 aliphatic heterocycles. The highest BCUT2D eigenvalue weighted by atomic mass is 32.1. The highest BCUT2D eigenvalue weighted by Gasteiger charge is 2.39. The van der Waals surface area contributed by atoms with Crippen LogP contribution < -0.4 is 0 Å². The maximum atomic E-state index is 12.5. The number of fused-ring (bicyclic) bond motifs is 1. The van der Waals surface area contributed by atoms with E-state index in [9.17, 15) is 9.59 Å². The van der Waals surface area contributed by atoms with Crippen molar-refractivity contribution in [2.75, 3.05) is 6.67 Å². The van der Waals surface area contributed by atoms with E-state index in [4.69, 9.17) is 0 Å². The Hall–Kier alpha value is -1.98. The van der Waals surface area contributed by atoms with Crippen LogP contribution in [0.1, 0.15) is 38.4 Å². The Morgan fingerprint density at radius 2 is 1.73 bits per heavy atom. The Kier molecular flexibility index (Phi) is 3.32. The van der Waals surface area contributed by atoms with E-state index in [1.54, 1.807) is 35.6 Å². The molecule has 0 spiro atoms. The van der Waals surface area contributed by atoms with Gasteiger partial charge in [0.15, 0.2) is 0 Å². The number of imide groups is 1. The number of amides is 2. The molecule has 0 atom stereocenters. The molecule has 2 aliphatic rings. The van der Waals surface area contributed by atoms with E-state index in [1.165, 1.54) is 9.78 Å². The van der Waals surface area contributed by atoms with Gasteiger partial charge in [0, 0.05) is 17.5 Å². The molecule has 2 heterocycles. The summed E-state index contributed by atoms with van der Waals surface area (Å²) in [6, 6.07) is 11.7. The summed E-state index contributed by atoms with van der Waals surface area (Å²) in [5.41, 5.74) is 1.05. The van der Waals surface area contributed by atoms with Crippen LogP contribution in [0.4, 0.5) is 0 Å². The highest BCUT2D eigenvalue weighted by Crippen LogP contribution is 2.31. The number of thiophene rings is 1. The minimum atomic E-state index is -0.169. The lowest BCUT2D eigenvalue weighted by Gasteiger charge is -2.26. The van der Waals surface area contributed by atoms with E-state index in [1.807, 2.05) is 6.07 Å². The maximum absolute atomic E-state index is 12.5. The fourth-order valence-electron chi connectivity index (χ4n) is 2.89. The number of nitrogens with zero attached hydrogens (tertiary/aromatic N) is 2. The van der Waals surface area contributed by atoms with Gasteiger partial charge in [-0.2, -0.15) is 0 Å². The zero-order valence-electron chi connectivity index (χ0n) is 12.1. The molecule has 1 saturated carbocycles. The summed E-state index contributed by atoms with van der Waals surface area (Å²) in [6.07, 6.45) is 2.29. The fourth-order valence-corrected chi connectivity index (χ4v) is 3.62. The molecule has 1 aromatic carbocycles. The van der Waals surface area contributed by atoms with Crippen molar-refractivity contribution in [3.63, 3.8) is 0 Å². The molecule has 0 radical (unpaired) electrons. The average molecular weight is 312 g/mol. The predicted octanol–water partition coefficient (Wildman–Crippen LogP) is 2.97. The van der Waals surface area contributed by atoms with E-state index in [0.29, 0.717) is 23.8 Å². The molecule has 4 rings (SSSR count). The Bertz CT molecular complexity index is 687. The monoisotopic (exact) mass is 312 g/mol. The molecule has 1 fully saturated rings. The molecule has 0 saturated heterocycles. The largest absolute Gasteiger partial charge is 0.277 e. The molecular weight excluding hydrogens is 296 g/mol. The van der Waals surface area contributed by atoms with E-state index in [0.717, 1.165) is 19.4 Å². The summed E-state index contributed by atoms with van der Waals surface area (Å²) < 4.78 is 0. The lowest BCUT2D eigenvalue weighted by molar-refractivity contribution is 0.0523. The molecule has 2 amide bonds. The van der Waals surface area contributed by atoms with E-state index in [-0.39, 0.29) is 11.8 Å². The summed E-state index contributed by atoms with van der Waals surface area (Å²) in [6.45, 7) is 1.19. The maximum Gasteiger partial charge on any atom is 0.262 e. The van der Waals surface area contributed by atoms with Crippen LogP contribution in [0.2, 0.25) is 0 Å². The van der Waals surface area contributed by atoms with Crippen molar-refractivity contribution in [3.05, 3.63) is 57.8 Å². The molecule has 5 heteroatoms. The van der Waals surface area contributed by atoms with Crippen LogP contribution in [-0.2, 0) is 6.54 Å². The van der Waals surface area contributed by atoms with Crippen LogP contribution in [-0.4, -0.2) is 34.3 Å². The first-order valence-corrected chi connectivity index (χ1v) is 8.33. The van der Waals surface area contributed by atoms with Crippen LogP contribution in [0, 0.1) is 0 Å². The van der Waals surface area contributed by atoms with Crippen molar-refractivity contribution in [3.8, 4) is 0 Å². The summed E-state index contributed by atoms with van der Waals surface area (Å²) in [5.74, 6) is -0.338. The molecule has 0 N–H and O–H groups in total. The van der Waals surface area contributed by atoms with Crippen molar-refractivity contribution in [1.29, 1.82) is 0 Å². The van der Waals surface area contributed by atoms with Gasteiger partial charge in [0.25, 0.3) is 11.8 Å². The smallest absolute Gasteiger partial charge is 0.262 e. The third-order valence-corrected chi connectivity index (χ3v) is 5.06. The van der Waals surface area contributed by atoms with Gasteiger partial charge in [0.2, 0.25) is 0 Å². The molecule has 112 valence electrons. The third-order valence-electron chi connectivity index (χ3n) is 4.20.